The maximum atomic E-state index is 5.43. The number of nitrogens with one attached hydrogen (secondary N) is 3. The first kappa shape index (κ1) is 18.9. The lowest BCUT2D eigenvalue weighted by Gasteiger charge is -2.23. The van der Waals surface area contributed by atoms with E-state index in [9.17, 15) is 0 Å². The second kappa shape index (κ2) is 9.15. The van der Waals surface area contributed by atoms with Crippen LogP contribution in [0.2, 0.25) is 0 Å². The minimum absolute atomic E-state index is 0.664. The molecule has 0 aromatic heterocycles. The second-order valence-electron chi connectivity index (χ2n) is 7.49. The van der Waals surface area contributed by atoms with E-state index in [4.69, 9.17) is 12.2 Å². The van der Waals surface area contributed by atoms with Crippen molar-refractivity contribution in [2.75, 3.05) is 18.4 Å². The first-order chi connectivity index (χ1) is 12.6. The number of benzene rings is 2. The van der Waals surface area contributed by atoms with Gasteiger partial charge >= 0.3 is 0 Å². The standard InChI is InChI=1S/C22H29N3S/c1-17-12-18(2)14-21(13-17)24-22(26)23-15-19-6-8-20(9-7-19)16-25-10-4-3-5-11-25/h6-9,12-14H,3-5,10-11,15-16H2,1-2H3,(H2,23,24,26)/p+1. The largest absolute Gasteiger partial charge is 0.358 e. The molecule has 1 saturated heterocycles. The van der Waals surface area contributed by atoms with Crippen LogP contribution in [0.4, 0.5) is 5.69 Å². The highest BCUT2D eigenvalue weighted by Gasteiger charge is 2.13. The topological polar surface area (TPSA) is 28.5 Å². The fourth-order valence-electron chi connectivity index (χ4n) is 3.70. The van der Waals surface area contributed by atoms with E-state index >= 15 is 0 Å². The van der Waals surface area contributed by atoms with Gasteiger partial charge in [0, 0.05) is 17.8 Å². The van der Waals surface area contributed by atoms with Crippen LogP contribution in [0.1, 0.15) is 41.5 Å². The number of aryl methyl sites for hydroxylation is 2. The molecule has 2 aromatic carbocycles. The van der Waals surface area contributed by atoms with E-state index in [1.807, 2.05) is 0 Å². The average molecular weight is 369 g/mol. The zero-order chi connectivity index (χ0) is 18.4. The van der Waals surface area contributed by atoms with Crippen molar-refractivity contribution < 1.29 is 4.90 Å². The summed E-state index contributed by atoms with van der Waals surface area (Å²) in [7, 11) is 0. The smallest absolute Gasteiger partial charge is 0.171 e. The molecule has 1 fully saturated rings. The Balaban J connectivity index is 1.47. The van der Waals surface area contributed by atoms with Crippen molar-refractivity contribution in [3.63, 3.8) is 0 Å². The van der Waals surface area contributed by atoms with Crippen molar-refractivity contribution in [2.24, 2.45) is 0 Å². The summed E-state index contributed by atoms with van der Waals surface area (Å²) in [6.45, 7) is 8.74. The number of thiocarbonyl (C=S) groups is 1. The number of likely N-dealkylation sites (tertiary alicyclic amines) is 1. The monoisotopic (exact) mass is 368 g/mol. The SMILES string of the molecule is Cc1cc(C)cc(NC(=S)NCc2ccc(C[NH+]3CCCCC3)cc2)c1. The molecule has 3 rings (SSSR count). The molecular weight excluding hydrogens is 338 g/mol. The molecule has 0 bridgehead atoms. The van der Waals surface area contributed by atoms with E-state index in [-0.39, 0.29) is 0 Å². The number of hydrogen-bond donors (Lipinski definition) is 3. The van der Waals surface area contributed by atoms with Gasteiger partial charge in [0.1, 0.15) is 6.54 Å². The highest BCUT2D eigenvalue weighted by atomic mass is 32.1. The zero-order valence-corrected chi connectivity index (χ0v) is 16.7. The van der Waals surface area contributed by atoms with Gasteiger partial charge in [-0.15, -0.1) is 0 Å². The van der Waals surface area contributed by atoms with Gasteiger partial charge in [-0.3, -0.25) is 0 Å². The van der Waals surface area contributed by atoms with Crippen molar-refractivity contribution in [3.05, 3.63) is 64.7 Å². The average Bonchev–Trinajstić information content (AvgIpc) is 2.61. The van der Waals surface area contributed by atoms with Crippen molar-refractivity contribution in [3.8, 4) is 0 Å². The Kier molecular flexibility index (Phi) is 6.64. The molecule has 1 aliphatic heterocycles. The number of piperidine rings is 1. The van der Waals surface area contributed by atoms with Crippen molar-refractivity contribution >= 4 is 23.0 Å². The summed E-state index contributed by atoms with van der Waals surface area (Å²) in [5.41, 5.74) is 6.21. The van der Waals surface area contributed by atoms with E-state index in [0.717, 1.165) is 18.8 Å². The quantitative estimate of drug-likeness (QED) is 0.707. The number of hydrogen-bond acceptors (Lipinski definition) is 1. The molecule has 0 saturated carbocycles. The molecule has 0 spiro atoms. The first-order valence-corrected chi connectivity index (χ1v) is 10.0. The third-order valence-corrected chi connectivity index (χ3v) is 5.22. The summed E-state index contributed by atoms with van der Waals surface area (Å²) >= 11 is 5.43. The molecule has 4 heteroatoms. The lowest BCUT2D eigenvalue weighted by molar-refractivity contribution is -0.918. The summed E-state index contributed by atoms with van der Waals surface area (Å²) in [5.74, 6) is 0. The van der Waals surface area contributed by atoms with Crippen LogP contribution in [-0.4, -0.2) is 18.2 Å². The van der Waals surface area contributed by atoms with Crippen LogP contribution in [0.3, 0.4) is 0 Å². The van der Waals surface area contributed by atoms with Crippen LogP contribution in [-0.2, 0) is 13.1 Å². The maximum absolute atomic E-state index is 5.43. The first-order valence-electron chi connectivity index (χ1n) is 9.63. The van der Waals surface area contributed by atoms with E-state index in [0.29, 0.717) is 5.11 Å². The maximum Gasteiger partial charge on any atom is 0.171 e. The molecule has 0 amide bonds. The molecule has 0 unspecified atom stereocenters. The highest BCUT2D eigenvalue weighted by Crippen LogP contribution is 2.13. The third kappa shape index (κ3) is 5.82. The fraction of sp³-hybridized carbons (Fsp3) is 0.409. The number of anilines is 1. The summed E-state index contributed by atoms with van der Waals surface area (Å²) < 4.78 is 0. The minimum Gasteiger partial charge on any atom is -0.358 e. The zero-order valence-electron chi connectivity index (χ0n) is 15.9. The number of rotatable bonds is 5. The van der Waals surface area contributed by atoms with Gasteiger partial charge < -0.3 is 15.5 Å². The molecule has 138 valence electrons. The van der Waals surface area contributed by atoms with E-state index in [1.165, 1.54) is 54.6 Å². The van der Waals surface area contributed by atoms with Crippen LogP contribution in [0, 0.1) is 13.8 Å². The van der Waals surface area contributed by atoms with Gasteiger partial charge in [0.15, 0.2) is 5.11 Å². The Bertz CT molecular complexity index is 713. The Morgan fingerprint density at radius 3 is 2.19 bits per heavy atom. The van der Waals surface area contributed by atoms with Crippen LogP contribution < -0.4 is 15.5 Å². The van der Waals surface area contributed by atoms with Gasteiger partial charge in [-0.1, -0.05) is 30.3 Å². The second-order valence-corrected chi connectivity index (χ2v) is 7.90. The van der Waals surface area contributed by atoms with Gasteiger partial charge in [0.25, 0.3) is 0 Å². The van der Waals surface area contributed by atoms with Gasteiger partial charge in [-0.05, 0) is 74.2 Å². The predicted molar refractivity (Wildman–Crippen MR) is 114 cm³/mol. The van der Waals surface area contributed by atoms with Crippen molar-refractivity contribution in [1.29, 1.82) is 0 Å². The molecule has 26 heavy (non-hydrogen) atoms. The van der Waals surface area contributed by atoms with Crippen LogP contribution in [0.15, 0.2) is 42.5 Å². The van der Waals surface area contributed by atoms with Crippen LogP contribution in [0.25, 0.3) is 0 Å². The lowest BCUT2D eigenvalue weighted by Crippen LogP contribution is -3.11. The van der Waals surface area contributed by atoms with E-state index in [1.54, 1.807) is 4.90 Å². The van der Waals surface area contributed by atoms with Gasteiger partial charge in [-0.2, -0.15) is 0 Å². The fourth-order valence-corrected chi connectivity index (χ4v) is 3.89. The van der Waals surface area contributed by atoms with E-state index in [2.05, 4.69) is 66.9 Å². The summed E-state index contributed by atoms with van der Waals surface area (Å²) in [6, 6.07) is 15.3. The minimum atomic E-state index is 0.664. The molecule has 0 atom stereocenters. The molecule has 3 N–H and O–H groups in total. The summed E-state index contributed by atoms with van der Waals surface area (Å²) in [5, 5.41) is 7.24. The van der Waals surface area contributed by atoms with Crippen LogP contribution >= 0.6 is 12.2 Å². The highest BCUT2D eigenvalue weighted by molar-refractivity contribution is 7.80. The number of quaternary nitrogens is 1. The molecule has 1 aliphatic rings. The Morgan fingerprint density at radius 2 is 1.54 bits per heavy atom. The molecule has 0 radical (unpaired) electrons. The summed E-state index contributed by atoms with van der Waals surface area (Å²) in [6.07, 6.45) is 4.16. The Hall–Kier alpha value is -1.91. The molecule has 2 aromatic rings. The Morgan fingerprint density at radius 1 is 0.923 bits per heavy atom. The Labute approximate surface area is 162 Å². The van der Waals surface area contributed by atoms with Crippen molar-refractivity contribution in [1.82, 2.24) is 5.32 Å². The lowest BCUT2D eigenvalue weighted by atomic mass is 10.1. The van der Waals surface area contributed by atoms with Gasteiger partial charge in [0.05, 0.1) is 13.1 Å². The van der Waals surface area contributed by atoms with E-state index < -0.39 is 0 Å². The third-order valence-electron chi connectivity index (χ3n) is 4.97. The van der Waals surface area contributed by atoms with Crippen molar-refractivity contribution in [2.45, 2.75) is 46.2 Å². The molecule has 1 heterocycles. The van der Waals surface area contributed by atoms with Crippen LogP contribution in [0.5, 0.6) is 0 Å². The van der Waals surface area contributed by atoms with Gasteiger partial charge in [-0.25, -0.2) is 0 Å². The predicted octanol–water partition coefficient (Wildman–Crippen LogP) is 3.36. The normalized spacial score (nSPS) is 14.8. The summed E-state index contributed by atoms with van der Waals surface area (Å²) in [4.78, 5) is 1.72. The molecule has 0 aliphatic carbocycles. The molecular formula is C22H30N3S+. The molecule has 3 nitrogen and oxygen atoms in total. The van der Waals surface area contributed by atoms with Gasteiger partial charge in [0.2, 0.25) is 0 Å².